The highest BCUT2D eigenvalue weighted by atomic mass is 16.5. The lowest BCUT2D eigenvalue weighted by atomic mass is 9.96. The van der Waals surface area contributed by atoms with Crippen LogP contribution in [0.1, 0.15) is 26.2 Å². The summed E-state index contributed by atoms with van der Waals surface area (Å²) in [7, 11) is 1.76. The molecule has 1 fully saturated rings. The number of carbonyl (C=O) groups is 1. The molecule has 1 atom stereocenters. The van der Waals surface area contributed by atoms with Crippen molar-refractivity contribution in [1.29, 1.82) is 0 Å². The van der Waals surface area contributed by atoms with Crippen LogP contribution in [0.15, 0.2) is 0 Å². The molecule has 0 aromatic carbocycles. The predicted octanol–water partition coefficient (Wildman–Crippen LogP) is 0.690. The van der Waals surface area contributed by atoms with E-state index < -0.39 is 0 Å². The second-order valence-corrected chi connectivity index (χ2v) is 3.00. The Morgan fingerprint density at radius 1 is 1.64 bits per heavy atom. The summed E-state index contributed by atoms with van der Waals surface area (Å²) in [5.41, 5.74) is 0. The monoisotopic (exact) mass is 157 g/mol. The standard InChI is InChI=1S/C8H15NO2/c1-6(9-2)8(10)11-7-4-3-5-7/h6-7,9H,3-5H2,1-2H3/t6-/m0/s1. The zero-order chi connectivity index (χ0) is 8.27. The Bertz CT molecular complexity index is 143. The first kappa shape index (κ1) is 8.53. The molecule has 3 heteroatoms. The molecule has 0 bridgehead atoms. The van der Waals surface area contributed by atoms with Crippen molar-refractivity contribution >= 4 is 5.97 Å². The highest BCUT2D eigenvalue weighted by molar-refractivity contribution is 5.75. The van der Waals surface area contributed by atoms with Gasteiger partial charge >= 0.3 is 5.97 Å². The van der Waals surface area contributed by atoms with Crippen molar-refractivity contribution in [3.8, 4) is 0 Å². The lowest BCUT2D eigenvalue weighted by Crippen LogP contribution is -2.36. The lowest BCUT2D eigenvalue weighted by molar-refractivity contribution is -0.154. The topological polar surface area (TPSA) is 38.3 Å². The first-order valence-electron chi connectivity index (χ1n) is 4.12. The highest BCUT2D eigenvalue weighted by Crippen LogP contribution is 2.22. The number of rotatable bonds is 3. The summed E-state index contributed by atoms with van der Waals surface area (Å²) in [6.07, 6.45) is 3.49. The zero-order valence-electron chi connectivity index (χ0n) is 7.09. The predicted molar refractivity (Wildman–Crippen MR) is 42.3 cm³/mol. The number of likely N-dealkylation sites (N-methyl/N-ethyl adjacent to an activating group) is 1. The molecule has 0 radical (unpaired) electrons. The van der Waals surface area contributed by atoms with Gasteiger partial charge in [-0.2, -0.15) is 0 Å². The van der Waals surface area contributed by atoms with E-state index in [0.717, 1.165) is 12.8 Å². The van der Waals surface area contributed by atoms with Gasteiger partial charge in [0.1, 0.15) is 12.1 Å². The molecule has 0 heterocycles. The largest absolute Gasteiger partial charge is 0.461 e. The number of hydrogen-bond acceptors (Lipinski definition) is 3. The van der Waals surface area contributed by atoms with E-state index in [1.807, 2.05) is 0 Å². The van der Waals surface area contributed by atoms with E-state index >= 15 is 0 Å². The summed E-state index contributed by atoms with van der Waals surface area (Å²) in [4.78, 5) is 11.1. The number of esters is 1. The highest BCUT2D eigenvalue weighted by Gasteiger charge is 2.23. The Labute approximate surface area is 67.1 Å². The van der Waals surface area contributed by atoms with Gasteiger partial charge in [-0.25, -0.2) is 0 Å². The van der Waals surface area contributed by atoms with E-state index in [4.69, 9.17) is 4.74 Å². The van der Waals surface area contributed by atoms with Crippen molar-refractivity contribution in [2.75, 3.05) is 7.05 Å². The molecular formula is C8H15NO2. The van der Waals surface area contributed by atoms with Crippen LogP contribution in [0.5, 0.6) is 0 Å². The van der Waals surface area contributed by atoms with Crippen molar-refractivity contribution < 1.29 is 9.53 Å². The first-order chi connectivity index (χ1) is 5.24. The zero-order valence-corrected chi connectivity index (χ0v) is 7.09. The van der Waals surface area contributed by atoms with E-state index in [1.54, 1.807) is 14.0 Å². The minimum absolute atomic E-state index is 0.128. The lowest BCUT2D eigenvalue weighted by Gasteiger charge is -2.26. The Morgan fingerprint density at radius 2 is 2.27 bits per heavy atom. The van der Waals surface area contributed by atoms with Crippen molar-refractivity contribution in [1.82, 2.24) is 5.32 Å². The van der Waals surface area contributed by atoms with Crippen LogP contribution in [-0.2, 0) is 9.53 Å². The smallest absolute Gasteiger partial charge is 0.323 e. The SMILES string of the molecule is CN[C@@H](C)C(=O)OC1CCC1. The molecule has 0 saturated heterocycles. The number of carbonyl (C=O) groups excluding carboxylic acids is 1. The molecular weight excluding hydrogens is 142 g/mol. The van der Waals surface area contributed by atoms with Crippen LogP contribution >= 0.6 is 0 Å². The summed E-state index contributed by atoms with van der Waals surface area (Å²) < 4.78 is 5.14. The fourth-order valence-corrected chi connectivity index (χ4v) is 0.873. The van der Waals surface area contributed by atoms with Gasteiger partial charge < -0.3 is 10.1 Å². The van der Waals surface area contributed by atoms with Crippen molar-refractivity contribution in [3.05, 3.63) is 0 Å². The van der Waals surface area contributed by atoms with E-state index in [9.17, 15) is 4.79 Å². The molecule has 11 heavy (non-hydrogen) atoms. The molecule has 0 aromatic rings. The van der Waals surface area contributed by atoms with Crippen LogP contribution in [-0.4, -0.2) is 25.2 Å². The molecule has 0 spiro atoms. The Balaban J connectivity index is 2.19. The van der Waals surface area contributed by atoms with Gasteiger partial charge in [-0.3, -0.25) is 4.79 Å². The third-order valence-electron chi connectivity index (χ3n) is 2.12. The maximum atomic E-state index is 11.1. The number of nitrogens with one attached hydrogen (secondary N) is 1. The first-order valence-corrected chi connectivity index (χ1v) is 4.12. The van der Waals surface area contributed by atoms with Crippen LogP contribution in [0.2, 0.25) is 0 Å². The maximum Gasteiger partial charge on any atom is 0.323 e. The minimum Gasteiger partial charge on any atom is -0.461 e. The molecule has 1 aliphatic rings. The summed E-state index contributed by atoms with van der Waals surface area (Å²) in [6, 6.07) is -0.171. The molecule has 0 unspecified atom stereocenters. The minimum atomic E-state index is -0.171. The summed E-state index contributed by atoms with van der Waals surface area (Å²) in [6.45, 7) is 1.81. The molecule has 1 N–H and O–H groups in total. The van der Waals surface area contributed by atoms with E-state index in [2.05, 4.69) is 5.32 Å². The molecule has 0 aromatic heterocycles. The second-order valence-electron chi connectivity index (χ2n) is 3.00. The van der Waals surface area contributed by atoms with Crippen LogP contribution in [0, 0.1) is 0 Å². The molecule has 1 rings (SSSR count). The van der Waals surface area contributed by atoms with E-state index in [1.165, 1.54) is 6.42 Å². The molecule has 64 valence electrons. The normalized spacial score (nSPS) is 20.5. The third-order valence-corrected chi connectivity index (χ3v) is 2.12. The van der Waals surface area contributed by atoms with E-state index in [-0.39, 0.29) is 18.1 Å². The van der Waals surface area contributed by atoms with Crippen molar-refractivity contribution in [3.63, 3.8) is 0 Å². The quantitative estimate of drug-likeness (QED) is 0.612. The van der Waals surface area contributed by atoms with Crippen LogP contribution < -0.4 is 5.32 Å². The fourth-order valence-electron chi connectivity index (χ4n) is 0.873. The number of hydrogen-bond donors (Lipinski definition) is 1. The Morgan fingerprint density at radius 3 is 2.64 bits per heavy atom. The summed E-state index contributed by atoms with van der Waals surface area (Å²) >= 11 is 0. The third kappa shape index (κ3) is 2.19. The van der Waals surface area contributed by atoms with Gasteiger partial charge in [0.2, 0.25) is 0 Å². The van der Waals surface area contributed by atoms with Crippen molar-refractivity contribution in [2.24, 2.45) is 0 Å². The fraction of sp³-hybridized carbons (Fsp3) is 0.875. The molecule has 3 nitrogen and oxygen atoms in total. The molecule has 0 aliphatic heterocycles. The second kappa shape index (κ2) is 3.72. The average Bonchev–Trinajstić information content (AvgIpc) is 1.94. The Kier molecular flexibility index (Phi) is 2.88. The van der Waals surface area contributed by atoms with Gasteiger partial charge in [0.15, 0.2) is 0 Å². The van der Waals surface area contributed by atoms with Crippen LogP contribution in [0.25, 0.3) is 0 Å². The van der Waals surface area contributed by atoms with Crippen LogP contribution in [0.3, 0.4) is 0 Å². The van der Waals surface area contributed by atoms with Gasteiger partial charge in [0, 0.05) is 0 Å². The molecule has 0 amide bonds. The summed E-state index contributed by atoms with van der Waals surface area (Å²) in [5.74, 6) is -0.128. The van der Waals surface area contributed by atoms with Gasteiger partial charge in [-0.05, 0) is 33.2 Å². The Hall–Kier alpha value is -0.570. The average molecular weight is 157 g/mol. The van der Waals surface area contributed by atoms with Gasteiger partial charge in [0.05, 0.1) is 0 Å². The van der Waals surface area contributed by atoms with Crippen LogP contribution in [0.4, 0.5) is 0 Å². The van der Waals surface area contributed by atoms with Crippen molar-refractivity contribution in [2.45, 2.75) is 38.3 Å². The van der Waals surface area contributed by atoms with E-state index in [0.29, 0.717) is 0 Å². The molecule has 1 saturated carbocycles. The van der Waals surface area contributed by atoms with Gasteiger partial charge in [-0.1, -0.05) is 0 Å². The molecule has 1 aliphatic carbocycles. The van der Waals surface area contributed by atoms with Gasteiger partial charge in [-0.15, -0.1) is 0 Å². The van der Waals surface area contributed by atoms with Gasteiger partial charge in [0.25, 0.3) is 0 Å². The summed E-state index contributed by atoms with van der Waals surface area (Å²) in [5, 5.41) is 2.84. The number of ether oxygens (including phenoxy) is 1. The maximum absolute atomic E-state index is 11.1.